The first-order chi connectivity index (χ1) is 18.2. The van der Waals surface area contributed by atoms with Gasteiger partial charge in [-0.05, 0) is 67.8 Å². The van der Waals surface area contributed by atoms with Gasteiger partial charge in [0.1, 0.15) is 0 Å². The van der Waals surface area contributed by atoms with Crippen LogP contribution in [0.4, 0.5) is 11.4 Å². The van der Waals surface area contributed by atoms with Gasteiger partial charge in [-0.1, -0.05) is 66.2 Å². The minimum absolute atomic E-state index is 0.00216. The fourth-order valence-corrected chi connectivity index (χ4v) is 5.24. The van der Waals surface area contributed by atoms with Crippen molar-refractivity contribution < 1.29 is 18.0 Å². The van der Waals surface area contributed by atoms with Crippen LogP contribution in [0, 0.1) is 13.8 Å². The van der Waals surface area contributed by atoms with Crippen LogP contribution in [0.15, 0.2) is 102 Å². The molecule has 0 saturated heterocycles. The lowest BCUT2D eigenvalue weighted by molar-refractivity contribution is 0.0955. The van der Waals surface area contributed by atoms with Crippen LogP contribution in [0.3, 0.4) is 0 Å². The number of amides is 2. The summed E-state index contributed by atoms with van der Waals surface area (Å²) in [4.78, 5) is 26.0. The molecule has 0 fully saturated rings. The molecular formula is C30H29N3O4S. The molecule has 0 aliphatic heterocycles. The summed E-state index contributed by atoms with van der Waals surface area (Å²) >= 11 is 0. The van der Waals surface area contributed by atoms with Gasteiger partial charge in [-0.15, -0.1) is 0 Å². The molecule has 0 aliphatic carbocycles. The summed E-state index contributed by atoms with van der Waals surface area (Å²) in [6.45, 7) is 4.02. The van der Waals surface area contributed by atoms with Crippen molar-refractivity contribution in [3.63, 3.8) is 0 Å². The van der Waals surface area contributed by atoms with Gasteiger partial charge in [0.2, 0.25) is 0 Å². The fourth-order valence-electron chi connectivity index (χ4n) is 3.91. The molecule has 3 N–H and O–H groups in total. The molecule has 0 aromatic heterocycles. The zero-order chi connectivity index (χ0) is 27.1. The van der Waals surface area contributed by atoms with Crippen molar-refractivity contribution in [2.75, 3.05) is 16.6 Å². The van der Waals surface area contributed by atoms with Crippen molar-refractivity contribution in [3.8, 4) is 0 Å². The van der Waals surface area contributed by atoms with E-state index in [1.165, 1.54) is 6.07 Å². The Morgan fingerprint density at radius 1 is 0.763 bits per heavy atom. The third-order valence-electron chi connectivity index (χ3n) is 6.01. The van der Waals surface area contributed by atoms with Gasteiger partial charge in [-0.3, -0.25) is 14.3 Å². The topological polar surface area (TPSA) is 104 Å². The molecule has 38 heavy (non-hydrogen) atoms. The molecule has 0 atom stereocenters. The zero-order valence-electron chi connectivity index (χ0n) is 21.2. The van der Waals surface area contributed by atoms with E-state index in [-0.39, 0.29) is 16.4 Å². The molecule has 7 nitrogen and oxygen atoms in total. The highest BCUT2D eigenvalue weighted by molar-refractivity contribution is 7.92. The lowest BCUT2D eigenvalue weighted by Crippen LogP contribution is -2.27. The van der Waals surface area contributed by atoms with Gasteiger partial charge >= 0.3 is 0 Å². The van der Waals surface area contributed by atoms with Crippen molar-refractivity contribution in [2.45, 2.75) is 25.2 Å². The molecule has 0 heterocycles. The molecule has 4 aromatic rings. The number of carbonyl (C=O) groups is 2. The van der Waals surface area contributed by atoms with Crippen LogP contribution in [-0.4, -0.2) is 26.8 Å². The second kappa shape index (κ2) is 11.7. The van der Waals surface area contributed by atoms with E-state index in [9.17, 15) is 18.0 Å². The first kappa shape index (κ1) is 26.6. The van der Waals surface area contributed by atoms with Crippen LogP contribution in [0.1, 0.15) is 37.4 Å². The number of hydrogen-bond acceptors (Lipinski definition) is 4. The van der Waals surface area contributed by atoms with Crippen LogP contribution in [0.2, 0.25) is 0 Å². The summed E-state index contributed by atoms with van der Waals surface area (Å²) in [5, 5.41) is 5.64. The normalized spacial score (nSPS) is 11.0. The Labute approximate surface area is 223 Å². The van der Waals surface area contributed by atoms with Crippen molar-refractivity contribution in [2.24, 2.45) is 0 Å². The summed E-state index contributed by atoms with van der Waals surface area (Å²) in [5.41, 5.74) is 3.84. The molecule has 4 aromatic carbocycles. The molecule has 194 valence electrons. The maximum absolute atomic E-state index is 13.1. The number of hydrogen-bond donors (Lipinski definition) is 3. The zero-order valence-corrected chi connectivity index (χ0v) is 22.0. The lowest BCUT2D eigenvalue weighted by atomic mass is 10.1. The van der Waals surface area contributed by atoms with Crippen molar-refractivity contribution in [1.82, 2.24) is 5.32 Å². The van der Waals surface area contributed by atoms with Gasteiger partial charge < -0.3 is 10.6 Å². The minimum atomic E-state index is -3.93. The van der Waals surface area contributed by atoms with Crippen LogP contribution >= 0.6 is 0 Å². The Kier molecular flexibility index (Phi) is 8.23. The number of anilines is 2. The summed E-state index contributed by atoms with van der Waals surface area (Å²) in [6.07, 6.45) is 0.679. The van der Waals surface area contributed by atoms with Crippen molar-refractivity contribution in [1.29, 1.82) is 0 Å². The Bertz CT molecular complexity index is 1550. The van der Waals surface area contributed by atoms with Gasteiger partial charge in [0.15, 0.2) is 0 Å². The molecule has 0 unspecified atom stereocenters. The van der Waals surface area contributed by atoms with E-state index in [0.29, 0.717) is 35.5 Å². The average molecular weight is 528 g/mol. The predicted octanol–water partition coefficient (Wildman–Crippen LogP) is 5.33. The first-order valence-electron chi connectivity index (χ1n) is 12.2. The number of benzene rings is 4. The summed E-state index contributed by atoms with van der Waals surface area (Å²) in [7, 11) is -3.93. The van der Waals surface area contributed by atoms with Gasteiger partial charge in [0, 0.05) is 17.8 Å². The molecule has 0 spiro atoms. The summed E-state index contributed by atoms with van der Waals surface area (Å²) in [6, 6.07) is 28.0. The average Bonchev–Trinajstić information content (AvgIpc) is 2.91. The van der Waals surface area contributed by atoms with E-state index in [4.69, 9.17) is 0 Å². The van der Waals surface area contributed by atoms with E-state index in [1.807, 2.05) is 49.4 Å². The molecule has 2 amide bonds. The van der Waals surface area contributed by atoms with Crippen molar-refractivity contribution in [3.05, 3.63) is 125 Å². The Balaban J connectivity index is 1.48. The van der Waals surface area contributed by atoms with Gasteiger partial charge in [-0.25, -0.2) is 8.42 Å². The van der Waals surface area contributed by atoms with Crippen LogP contribution in [0.25, 0.3) is 0 Å². The Morgan fingerprint density at radius 2 is 1.45 bits per heavy atom. The number of aryl methyl sites for hydroxylation is 2. The van der Waals surface area contributed by atoms with Crippen molar-refractivity contribution >= 4 is 33.2 Å². The van der Waals surface area contributed by atoms with E-state index >= 15 is 0 Å². The molecule has 0 aliphatic rings. The first-order valence-corrected chi connectivity index (χ1v) is 13.6. The van der Waals surface area contributed by atoms with E-state index in [1.54, 1.807) is 55.5 Å². The third kappa shape index (κ3) is 6.66. The second-order valence-corrected chi connectivity index (χ2v) is 10.6. The van der Waals surface area contributed by atoms with E-state index in [2.05, 4.69) is 15.4 Å². The molecule has 0 bridgehead atoms. The standard InChI is InChI=1S/C30H29N3O4S/c1-21-12-16-25(17-13-21)33-38(36,37)28-20-24(15-14-22(28)2)29(34)32-27-11-7-6-10-26(27)30(35)31-19-18-23-8-4-3-5-9-23/h3-17,20,33H,18-19H2,1-2H3,(H,31,35)(H,32,34). The summed E-state index contributed by atoms with van der Waals surface area (Å²) in [5.74, 6) is -0.840. The molecular weight excluding hydrogens is 498 g/mol. The van der Waals surface area contributed by atoms with Crippen LogP contribution < -0.4 is 15.4 Å². The number of carbonyl (C=O) groups excluding carboxylic acids is 2. The Morgan fingerprint density at radius 3 is 2.18 bits per heavy atom. The van der Waals surface area contributed by atoms with Crippen LogP contribution in [0.5, 0.6) is 0 Å². The lowest BCUT2D eigenvalue weighted by Gasteiger charge is -2.14. The molecule has 0 saturated carbocycles. The molecule has 8 heteroatoms. The third-order valence-corrected chi connectivity index (χ3v) is 7.53. The van der Waals surface area contributed by atoms with Crippen LogP contribution in [-0.2, 0) is 16.4 Å². The smallest absolute Gasteiger partial charge is 0.262 e. The molecule has 4 rings (SSSR count). The summed E-state index contributed by atoms with van der Waals surface area (Å²) < 4.78 is 28.7. The van der Waals surface area contributed by atoms with E-state index < -0.39 is 15.9 Å². The van der Waals surface area contributed by atoms with Gasteiger partial charge in [0.25, 0.3) is 21.8 Å². The Hall–Kier alpha value is -4.43. The SMILES string of the molecule is Cc1ccc(NS(=O)(=O)c2cc(C(=O)Nc3ccccc3C(=O)NCCc3ccccc3)ccc2C)cc1. The minimum Gasteiger partial charge on any atom is -0.352 e. The highest BCUT2D eigenvalue weighted by Crippen LogP contribution is 2.23. The number of sulfonamides is 1. The fraction of sp³-hybridized carbons (Fsp3) is 0.133. The highest BCUT2D eigenvalue weighted by atomic mass is 32.2. The largest absolute Gasteiger partial charge is 0.352 e. The van der Waals surface area contributed by atoms with Gasteiger partial charge in [0.05, 0.1) is 16.1 Å². The quantitative estimate of drug-likeness (QED) is 0.274. The molecule has 0 radical (unpaired) electrons. The monoisotopic (exact) mass is 527 g/mol. The maximum Gasteiger partial charge on any atom is 0.262 e. The predicted molar refractivity (Wildman–Crippen MR) is 150 cm³/mol. The number of nitrogens with one attached hydrogen (secondary N) is 3. The maximum atomic E-state index is 13.1. The second-order valence-electron chi connectivity index (χ2n) is 8.94. The van der Waals surface area contributed by atoms with E-state index in [0.717, 1.165) is 11.1 Å². The number of rotatable bonds is 9. The number of para-hydroxylation sites is 1. The highest BCUT2D eigenvalue weighted by Gasteiger charge is 2.20. The van der Waals surface area contributed by atoms with Gasteiger partial charge in [-0.2, -0.15) is 0 Å².